The third-order valence-corrected chi connectivity index (χ3v) is 2.17. The van der Waals surface area contributed by atoms with Crippen LogP contribution in [0.3, 0.4) is 0 Å². The third-order valence-electron chi connectivity index (χ3n) is 2.17. The molecule has 0 heterocycles. The number of hydrogen-bond acceptors (Lipinski definition) is 3. The van der Waals surface area contributed by atoms with Gasteiger partial charge in [-0.15, -0.1) is 0 Å². The summed E-state index contributed by atoms with van der Waals surface area (Å²) in [7, 11) is 0. The summed E-state index contributed by atoms with van der Waals surface area (Å²) < 4.78 is 0. The van der Waals surface area contributed by atoms with Gasteiger partial charge in [-0.3, -0.25) is 0 Å². The maximum Gasteiger partial charge on any atom is 0.0906 e. The van der Waals surface area contributed by atoms with E-state index in [9.17, 15) is 5.11 Å². The van der Waals surface area contributed by atoms with Crippen LogP contribution in [0.4, 0.5) is 0 Å². The molecule has 0 aliphatic rings. The number of aliphatic hydroxyl groups is 2. The zero-order valence-corrected chi connectivity index (χ0v) is 8.41. The molecule has 0 aliphatic carbocycles. The lowest BCUT2D eigenvalue weighted by Gasteiger charge is -2.16. The van der Waals surface area contributed by atoms with Crippen LogP contribution in [0.15, 0.2) is 29.4 Å². The van der Waals surface area contributed by atoms with Crippen molar-refractivity contribution in [1.82, 2.24) is 0 Å². The predicted molar refractivity (Wildman–Crippen MR) is 56.2 cm³/mol. The SMILES string of the molecule is Cc1ccc([C@@H](O)[C@@H](CO)N=[N+]=[N-])cc1. The number of aryl methyl sites for hydroxylation is 1. The van der Waals surface area contributed by atoms with Crippen LogP contribution in [-0.4, -0.2) is 22.9 Å². The van der Waals surface area contributed by atoms with Gasteiger partial charge in [0.2, 0.25) is 0 Å². The lowest BCUT2D eigenvalue weighted by atomic mass is 10.0. The smallest absolute Gasteiger partial charge is 0.0906 e. The molecule has 0 amide bonds. The number of nitrogens with zero attached hydrogens (tertiary/aromatic N) is 3. The maximum atomic E-state index is 9.78. The molecule has 2 atom stereocenters. The van der Waals surface area contributed by atoms with Crippen molar-refractivity contribution < 1.29 is 10.2 Å². The van der Waals surface area contributed by atoms with Crippen molar-refractivity contribution >= 4 is 0 Å². The van der Waals surface area contributed by atoms with Crippen molar-refractivity contribution in [3.8, 4) is 0 Å². The van der Waals surface area contributed by atoms with Crippen molar-refractivity contribution in [2.45, 2.75) is 19.1 Å². The summed E-state index contributed by atoms with van der Waals surface area (Å²) in [6.45, 7) is 1.56. The van der Waals surface area contributed by atoms with Gasteiger partial charge in [0, 0.05) is 4.91 Å². The Morgan fingerprint density at radius 3 is 2.47 bits per heavy atom. The number of azide groups is 1. The fraction of sp³-hybridized carbons (Fsp3) is 0.400. The van der Waals surface area contributed by atoms with Gasteiger partial charge in [0.05, 0.1) is 18.8 Å². The standard InChI is InChI=1S/C10H13N3O2/c1-7-2-4-8(5-3-7)10(15)9(6-14)12-13-11/h2-5,9-10,14-15H,6H2,1H3/t9-,10-/m1/s1. The molecule has 5 nitrogen and oxygen atoms in total. The minimum absolute atomic E-state index is 0.376. The van der Waals surface area contributed by atoms with E-state index in [0.29, 0.717) is 5.56 Å². The predicted octanol–water partition coefficient (Wildman–Crippen LogP) is 1.70. The second-order valence-corrected chi connectivity index (χ2v) is 3.31. The molecule has 0 fully saturated rings. The average Bonchev–Trinajstić information content (AvgIpc) is 2.26. The van der Waals surface area contributed by atoms with E-state index in [4.69, 9.17) is 10.6 Å². The van der Waals surface area contributed by atoms with Crippen LogP contribution in [-0.2, 0) is 0 Å². The summed E-state index contributed by atoms with van der Waals surface area (Å²) in [4.78, 5) is 2.58. The minimum Gasteiger partial charge on any atom is -0.396 e. The Bertz CT molecular complexity index is 357. The molecule has 0 saturated carbocycles. The first-order valence-corrected chi connectivity index (χ1v) is 4.58. The van der Waals surface area contributed by atoms with Crippen LogP contribution in [0, 0.1) is 6.92 Å². The average molecular weight is 207 g/mol. The van der Waals surface area contributed by atoms with E-state index in [0.717, 1.165) is 5.56 Å². The van der Waals surface area contributed by atoms with E-state index in [1.807, 2.05) is 19.1 Å². The zero-order valence-electron chi connectivity index (χ0n) is 8.41. The van der Waals surface area contributed by atoms with Crippen LogP contribution < -0.4 is 0 Å². The summed E-state index contributed by atoms with van der Waals surface area (Å²) in [6.07, 6.45) is -0.966. The molecule has 5 heteroatoms. The molecular formula is C10H13N3O2. The summed E-state index contributed by atoms with van der Waals surface area (Å²) in [6, 6.07) is 6.36. The molecule has 0 spiro atoms. The molecule has 80 valence electrons. The van der Waals surface area contributed by atoms with E-state index >= 15 is 0 Å². The van der Waals surface area contributed by atoms with Gasteiger partial charge in [0.15, 0.2) is 0 Å². The number of hydrogen-bond donors (Lipinski definition) is 2. The van der Waals surface area contributed by atoms with Crippen LogP contribution >= 0.6 is 0 Å². The van der Waals surface area contributed by atoms with Gasteiger partial charge in [-0.2, -0.15) is 0 Å². The lowest BCUT2D eigenvalue weighted by Crippen LogP contribution is -2.19. The molecule has 0 saturated heterocycles. The van der Waals surface area contributed by atoms with Gasteiger partial charge in [-0.25, -0.2) is 0 Å². The zero-order chi connectivity index (χ0) is 11.3. The summed E-state index contributed by atoms with van der Waals surface area (Å²) in [5.41, 5.74) is 9.95. The van der Waals surface area contributed by atoms with Crippen molar-refractivity contribution in [2.24, 2.45) is 5.11 Å². The number of benzene rings is 1. The highest BCUT2D eigenvalue weighted by Crippen LogP contribution is 2.19. The second kappa shape index (κ2) is 5.36. The quantitative estimate of drug-likeness (QED) is 0.447. The Kier molecular flexibility index (Phi) is 4.12. The van der Waals surface area contributed by atoms with Crippen LogP contribution in [0.1, 0.15) is 17.2 Å². The molecule has 0 aromatic heterocycles. The van der Waals surface area contributed by atoms with Gasteiger partial charge in [0.1, 0.15) is 0 Å². The molecule has 1 rings (SSSR count). The van der Waals surface area contributed by atoms with E-state index in [1.54, 1.807) is 12.1 Å². The molecule has 0 bridgehead atoms. The number of aliphatic hydroxyl groups excluding tert-OH is 2. The Labute approximate surface area is 87.6 Å². The van der Waals surface area contributed by atoms with Crippen LogP contribution in [0.2, 0.25) is 0 Å². The lowest BCUT2D eigenvalue weighted by molar-refractivity contribution is 0.109. The summed E-state index contributed by atoms with van der Waals surface area (Å²) >= 11 is 0. The highest BCUT2D eigenvalue weighted by atomic mass is 16.3. The molecule has 1 aromatic rings. The molecule has 0 radical (unpaired) electrons. The van der Waals surface area contributed by atoms with Crippen molar-refractivity contribution in [3.63, 3.8) is 0 Å². The summed E-state index contributed by atoms with van der Waals surface area (Å²) in [5, 5.41) is 22.0. The highest BCUT2D eigenvalue weighted by Gasteiger charge is 2.18. The van der Waals surface area contributed by atoms with Gasteiger partial charge in [-0.05, 0) is 18.0 Å². The first kappa shape index (κ1) is 11.5. The molecule has 2 N–H and O–H groups in total. The largest absolute Gasteiger partial charge is 0.396 e. The molecule has 15 heavy (non-hydrogen) atoms. The van der Waals surface area contributed by atoms with Gasteiger partial charge in [-0.1, -0.05) is 34.9 Å². The third kappa shape index (κ3) is 2.95. The van der Waals surface area contributed by atoms with Gasteiger partial charge in [0.25, 0.3) is 0 Å². The number of rotatable bonds is 4. The Hall–Kier alpha value is -1.55. The van der Waals surface area contributed by atoms with Crippen molar-refractivity contribution in [2.75, 3.05) is 6.61 Å². The fourth-order valence-corrected chi connectivity index (χ4v) is 1.25. The van der Waals surface area contributed by atoms with E-state index < -0.39 is 12.1 Å². The maximum absolute atomic E-state index is 9.78. The van der Waals surface area contributed by atoms with Gasteiger partial charge >= 0.3 is 0 Å². The molecule has 1 aromatic carbocycles. The molecule has 0 unspecified atom stereocenters. The Morgan fingerprint density at radius 2 is 2.00 bits per heavy atom. The van der Waals surface area contributed by atoms with E-state index in [-0.39, 0.29) is 6.61 Å². The molecular weight excluding hydrogens is 194 g/mol. The van der Waals surface area contributed by atoms with Gasteiger partial charge < -0.3 is 10.2 Å². The Balaban J connectivity index is 2.86. The first-order valence-electron chi connectivity index (χ1n) is 4.58. The fourth-order valence-electron chi connectivity index (χ4n) is 1.25. The van der Waals surface area contributed by atoms with Crippen molar-refractivity contribution in [1.29, 1.82) is 0 Å². The van der Waals surface area contributed by atoms with Crippen LogP contribution in [0.25, 0.3) is 10.4 Å². The monoisotopic (exact) mass is 207 g/mol. The van der Waals surface area contributed by atoms with Crippen LogP contribution in [0.5, 0.6) is 0 Å². The Morgan fingerprint density at radius 1 is 1.40 bits per heavy atom. The minimum atomic E-state index is -0.966. The topological polar surface area (TPSA) is 89.2 Å². The van der Waals surface area contributed by atoms with E-state index in [1.165, 1.54) is 0 Å². The van der Waals surface area contributed by atoms with E-state index in [2.05, 4.69) is 10.0 Å². The molecule has 0 aliphatic heterocycles. The second-order valence-electron chi connectivity index (χ2n) is 3.31. The van der Waals surface area contributed by atoms with Crippen molar-refractivity contribution in [3.05, 3.63) is 45.8 Å². The normalized spacial score (nSPS) is 14.1. The first-order chi connectivity index (χ1) is 7.19. The highest BCUT2D eigenvalue weighted by molar-refractivity contribution is 5.24. The summed E-state index contributed by atoms with van der Waals surface area (Å²) in [5.74, 6) is 0.